The Labute approximate surface area is 145 Å². The maximum Gasteiger partial charge on any atom is 0.338 e. The van der Waals surface area contributed by atoms with Gasteiger partial charge < -0.3 is 19.5 Å². The van der Waals surface area contributed by atoms with Crippen LogP contribution in [0.2, 0.25) is 0 Å². The summed E-state index contributed by atoms with van der Waals surface area (Å²) < 4.78 is 10.2. The number of aromatic nitrogens is 1. The third-order valence-corrected chi connectivity index (χ3v) is 3.65. The Morgan fingerprint density at radius 1 is 1.16 bits per heavy atom. The molecule has 2 heterocycles. The topological polar surface area (TPSA) is 89.0 Å². The van der Waals surface area contributed by atoms with Crippen LogP contribution in [0.1, 0.15) is 34.7 Å². The Morgan fingerprint density at radius 3 is 2.48 bits per heavy atom. The number of phenolic OH excluding ortho intramolecular Hbond substituents is 1. The highest BCUT2D eigenvalue weighted by atomic mass is 16.5. The summed E-state index contributed by atoms with van der Waals surface area (Å²) in [5.74, 6) is -0.150. The van der Waals surface area contributed by atoms with Crippen LogP contribution in [0.4, 0.5) is 0 Å². The fraction of sp³-hybridized carbons (Fsp3) is 0.278. The summed E-state index contributed by atoms with van der Waals surface area (Å²) in [6.45, 7) is 1.52. The van der Waals surface area contributed by atoms with E-state index in [1.54, 1.807) is 17.0 Å². The summed E-state index contributed by atoms with van der Waals surface area (Å²) in [4.78, 5) is 29.4. The highest BCUT2D eigenvalue weighted by molar-refractivity contribution is 5.92. The zero-order chi connectivity index (χ0) is 17.1. The number of esters is 1. The molecule has 0 unspecified atom stereocenters. The molecule has 1 aliphatic rings. The van der Waals surface area contributed by atoms with Crippen LogP contribution in [0.3, 0.4) is 0 Å². The van der Waals surface area contributed by atoms with Crippen LogP contribution in [-0.2, 0) is 4.74 Å². The molecule has 0 atom stereocenters. The van der Waals surface area contributed by atoms with Crippen molar-refractivity contribution in [2.75, 3.05) is 20.2 Å². The molecule has 1 saturated heterocycles. The summed E-state index contributed by atoms with van der Waals surface area (Å²) >= 11 is 0. The zero-order valence-corrected chi connectivity index (χ0v) is 13.1. The lowest BCUT2D eigenvalue weighted by molar-refractivity contribution is 0.0598. The molecule has 1 N–H and O–H groups in total. The van der Waals surface area contributed by atoms with Gasteiger partial charge in [0.05, 0.1) is 18.9 Å². The van der Waals surface area contributed by atoms with Crippen molar-refractivity contribution >= 4 is 11.9 Å². The van der Waals surface area contributed by atoms with Gasteiger partial charge in [-0.3, -0.25) is 4.79 Å². The average Bonchev–Trinajstić information content (AvgIpc) is 2.52. The van der Waals surface area contributed by atoms with Crippen LogP contribution in [-0.4, -0.2) is 47.1 Å². The maximum absolute atomic E-state index is 12.0. The molecule has 25 heavy (non-hydrogen) atoms. The predicted octanol–water partition coefficient (Wildman–Crippen LogP) is 2.85. The second-order valence-electron chi connectivity index (χ2n) is 5.33. The van der Waals surface area contributed by atoms with Gasteiger partial charge in [-0.1, -0.05) is 7.43 Å². The molecule has 2 aromatic rings. The molecule has 1 aromatic carbocycles. The van der Waals surface area contributed by atoms with Crippen LogP contribution in [0.5, 0.6) is 17.2 Å². The molecule has 132 valence electrons. The van der Waals surface area contributed by atoms with E-state index < -0.39 is 5.97 Å². The van der Waals surface area contributed by atoms with Crippen molar-refractivity contribution in [2.45, 2.75) is 13.8 Å². The molecule has 0 aliphatic carbocycles. The molecule has 0 radical (unpaired) electrons. The molecule has 0 saturated carbocycles. The number of hydrogen-bond acceptors (Lipinski definition) is 6. The molecule has 7 heteroatoms. The molecule has 3 rings (SSSR count). The number of aromatic hydroxyl groups is 1. The van der Waals surface area contributed by atoms with E-state index in [0.717, 1.165) is 19.5 Å². The van der Waals surface area contributed by atoms with Crippen molar-refractivity contribution in [3.63, 3.8) is 0 Å². The minimum absolute atomic E-state index is 0. The van der Waals surface area contributed by atoms with E-state index in [-0.39, 0.29) is 30.4 Å². The largest absolute Gasteiger partial charge is 0.508 e. The first kappa shape index (κ1) is 18.3. The lowest BCUT2D eigenvalue weighted by Crippen LogP contribution is -2.42. The first-order valence-corrected chi connectivity index (χ1v) is 7.42. The molecule has 1 fully saturated rings. The van der Waals surface area contributed by atoms with E-state index in [1.165, 1.54) is 31.5 Å². The van der Waals surface area contributed by atoms with Gasteiger partial charge in [-0.2, -0.15) is 0 Å². The number of ether oxygens (including phenoxy) is 2. The number of benzene rings is 1. The summed E-state index contributed by atoms with van der Waals surface area (Å²) in [6, 6.07) is 7.30. The minimum Gasteiger partial charge on any atom is -0.508 e. The summed E-state index contributed by atoms with van der Waals surface area (Å²) in [5, 5.41) is 9.67. The number of phenols is 1. The maximum atomic E-state index is 12.0. The number of nitrogens with zero attached hydrogens (tertiary/aromatic N) is 2. The van der Waals surface area contributed by atoms with E-state index in [9.17, 15) is 14.7 Å². The summed E-state index contributed by atoms with van der Waals surface area (Å²) in [5.41, 5.74) is 0.526. The molecule has 1 amide bonds. The molecule has 1 aliphatic heterocycles. The van der Waals surface area contributed by atoms with Crippen molar-refractivity contribution in [1.82, 2.24) is 9.88 Å². The molecule has 0 spiro atoms. The Hall–Kier alpha value is -3.09. The standard InChI is InChI=1S/C17H16N2O5.CH4/c1-23-17(22)11-7-12(20)9-14(8-11)24-13-3-4-15(18-10-13)16(21)19-5-2-6-19;/h3-4,7-10,20H,2,5-6H2,1H3;1H4. The second-order valence-corrected chi connectivity index (χ2v) is 5.33. The van der Waals surface area contributed by atoms with Gasteiger partial charge in [0.2, 0.25) is 0 Å². The van der Waals surface area contributed by atoms with Crippen molar-refractivity contribution < 1.29 is 24.2 Å². The highest BCUT2D eigenvalue weighted by Gasteiger charge is 2.22. The fourth-order valence-electron chi connectivity index (χ4n) is 2.26. The first-order chi connectivity index (χ1) is 11.6. The first-order valence-electron chi connectivity index (χ1n) is 7.42. The van der Waals surface area contributed by atoms with Crippen molar-refractivity contribution in [3.05, 3.63) is 47.8 Å². The average molecular weight is 344 g/mol. The van der Waals surface area contributed by atoms with Gasteiger partial charge in [0.1, 0.15) is 22.9 Å². The number of amides is 1. The van der Waals surface area contributed by atoms with E-state index in [2.05, 4.69) is 9.72 Å². The lowest BCUT2D eigenvalue weighted by atomic mass is 10.2. The predicted molar refractivity (Wildman–Crippen MR) is 91.0 cm³/mol. The number of carbonyl (C=O) groups is 2. The Morgan fingerprint density at radius 2 is 1.92 bits per heavy atom. The SMILES string of the molecule is C.COC(=O)c1cc(O)cc(Oc2ccc(C(=O)N3CCC3)nc2)c1. The van der Waals surface area contributed by atoms with E-state index in [1.807, 2.05) is 0 Å². The lowest BCUT2D eigenvalue weighted by Gasteiger charge is -2.30. The summed E-state index contributed by atoms with van der Waals surface area (Å²) in [7, 11) is 1.25. The van der Waals surface area contributed by atoms with Gasteiger partial charge in [0.25, 0.3) is 5.91 Å². The number of methoxy groups -OCH3 is 1. The van der Waals surface area contributed by atoms with Crippen LogP contribution in [0.25, 0.3) is 0 Å². The molecular formula is C18H20N2O5. The molecular weight excluding hydrogens is 324 g/mol. The minimum atomic E-state index is -0.579. The van der Waals surface area contributed by atoms with Crippen molar-refractivity contribution in [1.29, 1.82) is 0 Å². The number of pyridine rings is 1. The monoisotopic (exact) mass is 344 g/mol. The van der Waals surface area contributed by atoms with E-state index >= 15 is 0 Å². The Bertz CT molecular complexity index is 770. The van der Waals surface area contributed by atoms with E-state index in [4.69, 9.17) is 4.74 Å². The van der Waals surface area contributed by atoms with Gasteiger partial charge in [-0.15, -0.1) is 0 Å². The third kappa shape index (κ3) is 4.06. The van der Waals surface area contributed by atoms with Crippen LogP contribution >= 0.6 is 0 Å². The number of hydrogen-bond donors (Lipinski definition) is 1. The van der Waals surface area contributed by atoms with Crippen molar-refractivity contribution in [3.8, 4) is 17.2 Å². The normalized spacial score (nSPS) is 12.6. The molecule has 0 bridgehead atoms. The van der Waals surface area contributed by atoms with Crippen LogP contribution in [0.15, 0.2) is 36.5 Å². The fourth-order valence-corrected chi connectivity index (χ4v) is 2.26. The van der Waals surface area contributed by atoms with Gasteiger partial charge in [0, 0.05) is 19.2 Å². The van der Waals surface area contributed by atoms with Crippen LogP contribution < -0.4 is 4.74 Å². The Kier molecular flexibility index (Phi) is 5.59. The Balaban J connectivity index is 0.00000225. The smallest absolute Gasteiger partial charge is 0.338 e. The van der Waals surface area contributed by atoms with E-state index in [0.29, 0.717) is 11.4 Å². The van der Waals surface area contributed by atoms with Crippen LogP contribution in [0, 0.1) is 0 Å². The molecule has 1 aromatic heterocycles. The third-order valence-electron chi connectivity index (χ3n) is 3.65. The quantitative estimate of drug-likeness (QED) is 0.858. The van der Waals surface area contributed by atoms with Gasteiger partial charge in [-0.05, 0) is 30.7 Å². The van der Waals surface area contributed by atoms with Gasteiger partial charge >= 0.3 is 5.97 Å². The zero-order valence-electron chi connectivity index (χ0n) is 13.1. The van der Waals surface area contributed by atoms with Gasteiger partial charge in [0.15, 0.2) is 0 Å². The number of carbonyl (C=O) groups excluding carboxylic acids is 2. The number of rotatable bonds is 4. The summed E-state index contributed by atoms with van der Waals surface area (Å²) in [6.07, 6.45) is 2.45. The second kappa shape index (κ2) is 7.65. The van der Waals surface area contributed by atoms with Gasteiger partial charge in [-0.25, -0.2) is 9.78 Å². The highest BCUT2D eigenvalue weighted by Crippen LogP contribution is 2.27. The molecule has 7 nitrogen and oxygen atoms in total. The number of likely N-dealkylation sites (tertiary alicyclic amines) is 1. The van der Waals surface area contributed by atoms with Crippen molar-refractivity contribution in [2.24, 2.45) is 0 Å².